The van der Waals surface area contributed by atoms with E-state index in [1.54, 1.807) is 0 Å². The van der Waals surface area contributed by atoms with E-state index in [0.29, 0.717) is 0 Å². The third-order valence-electron chi connectivity index (χ3n) is 1.81. The summed E-state index contributed by atoms with van der Waals surface area (Å²) in [5, 5.41) is 20.4. The molecule has 0 rings (SSSR count). The Bertz CT molecular complexity index is 189. The van der Waals surface area contributed by atoms with Crippen molar-refractivity contribution in [3.8, 4) is 0 Å². The van der Waals surface area contributed by atoms with Gasteiger partial charge in [-0.3, -0.25) is 20.2 Å². The first-order valence-corrected chi connectivity index (χ1v) is 3.08. The summed E-state index contributed by atoms with van der Waals surface area (Å²) in [6.45, 7) is 3.70. The van der Waals surface area contributed by atoms with Gasteiger partial charge in [-0.2, -0.15) is 0 Å². The Morgan fingerprint density at radius 1 is 1.27 bits per heavy atom. The Morgan fingerprint density at radius 2 is 1.64 bits per heavy atom. The van der Waals surface area contributed by atoms with E-state index >= 15 is 0 Å². The lowest BCUT2D eigenvalue weighted by Gasteiger charge is -2.15. The molecule has 0 bridgehead atoms. The molecule has 0 radical (unpaired) electrons. The van der Waals surface area contributed by atoms with E-state index in [2.05, 4.69) is 0 Å². The maximum atomic E-state index is 10.3. The van der Waals surface area contributed by atoms with Gasteiger partial charge >= 0.3 is 0 Å². The fraction of sp³-hybridized carbons (Fsp3) is 1.00. The van der Waals surface area contributed by atoms with Gasteiger partial charge in [-0.05, 0) is 0 Å². The molecule has 64 valence electrons. The number of nitro groups is 2. The summed E-state index contributed by atoms with van der Waals surface area (Å²) >= 11 is 0. The average molecular weight is 162 g/mol. The summed E-state index contributed by atoms with van der Waals surface area (Å²) in [7, 11) is 0. The van der Waals surface area contributed by atoms with Crippen molar-refractivity contribution in [2.45, 2.75) is 32.4 Å². The second kappa shape index (κ2) is 2.81. The molecule has 0 spiro atoms. The van der Waals surface area contributed by atoms with Gasteiger partial charge in [-0.1, -0.05) is 0 Å². The minimum absolute atomic E-state index is 0.638. The molecule has 0 aromatic heterocycles. The molecule has 0 N–H and O–H groups in total. The van der Waals surface area contributed by atoms with Crippen LogP contribution < -0.4 is 0 Å². The van der Waals surface area contributed by atoms with Crippen LogP contribution in [0.3, 0.4) is 0 Å². The van der Waals surface area contributed by atoms with Crippen molar-refractivity contribution in [3.05, 3.63) is 20.2 Å². The first kappa shape index (κ1) is 9.80. The average Bonchev–Trinajstić information content (AvgIpc) is 1.85. The van der Waals surface area contributed by atoms with Gasteiger partial charge < -0.3 is 0 Å². The van der Waals surface area contributed by atoms with Gasteiger partial charge in [-0.15, -0.1) is 0 Å². The molecule has 0 aromatic carbocycles. The van der Waals surface area contributed by atoms with E-state index < -0.39 is 21.4 Å². The van der Waals surface area contributed by atoms with Crippen molar-refractivity contribution in [3.63, 3.8) is 0 Å². The standard InChI is InChI=1S/C5H10N2O4/c1-4(6(8)9)5(2,3)7(10)11/h4H,1-3H3. The summed E-state index contributed by atoms with van der Waals surface area (Å²) in [5.41, 5.74) is -1.50. The van der Waals surface area contributed by atoms with Crippen molar-refractivity contribution in [1.82, 2.24) is 0 Å². The lowest BCUT2D eigenvalue weighted by atomic mass is 9.98. The molecule has 11 heavy (non-hydrogen) atoms. The number of hydrogen-bond acceptors (Lipinski definition) is 4. The molecule has 6 heteroatoms. The minimum Gasteiger partial charge on any atom is -0.264 e. The number of rotatable bonds is 3. The van der Waals surface area contributed by atoms with Gasteiger partial charge in [0.2, 0.25) is 0 Å². The fourth-order valence-electron chi connectivity index (χ4n) is 0.411. The van der Waals surface area contributed by atoms with Gasteiger partial charge in [0, 0.05) is 30.6 Å². The van der Waals surface area contributed by atoms with E-state index in [1.807, 2.05) is 0 Å². The predicted molar refractivity (Wildman–Crippen MR) is 37.5 cm³/mol. The van der Waals surface area contributed by atoms with Crippen LogP contribution in [0.15, 0.2) is 0 Å². The van der Waals surface area contributed by atoms with Crippen LogP contribution in [0.25, 0.3) is 0 Å². The van der Waals surface area contributed by atoms with Crippen molar-refractivity contribution in [2.24, 2.45) is 0 Å². The monoisotopic (exact) mass is 162 g/mol. The first-order valence-electron chi connectivity index (χ1n) is 3.08. The Hall–Kier alpha value is -1.20. The zero-order valence-electron chi connectivity index (χ0n) is 6.60. The summed E-state index contributed by atoms with van der Waals surface area (Å²) in [4.78, 5) is 19.1. The molecule has 1 atom stereocenters. The van der Waals surface area contributed by atoms with Crippen LogP contribution in [0.2, 0.25) is 0 Å². The van der Waals surface area contributed by atoms with Gasteiger partial charge in [0.1, 0.15) is 0 Å². The van der Waals surface area contributed by atoms with Gasteiger partial charge in [0.25, 0.3) is 11.6 Å². The predicted octanol–water partition coefficient (Wildman–Crippen LogP) is 0.707. The SMILES string of the molecule is CC([N+](=O)[O-])C(C)(C)[N+](=O)[O-]. The Balaban J connectivity index is 4.55. The highest BCUT2D eigenvalue weighted by Crippen LogP contribution is 2.15. The molecule has 0 aliphatic rings. The maximum absolute atomic E-state index is 10.3. The Morgan fingerprint density at radius 3 is 1.73 bits per heavy atom. The third kappa shape index (κ3) is 1.86. The third-order valence-corrected chi connectivity index (χ3v) is 1.81. The van der Waals surface area contributed by atoms with Crippen LogP contribution in [0.1, 0.15) is 20.8 Å². The Kier molecular flexibility index (Phi) is 2.50. The lowest BCUT2D eigenvalue weighted by molar-refractivity contribution is -0.643. The summed E-state index contributed by atoms with van der Waals surface area (Å²) in [6.07, 6.45) is 0. The van der Waals surface area contributed by atoms with Crippen molar-refractivity contribution in [1.29, 1.82) is 0 Å². The molecule has 6 nitrogen and oxygen atoms in total. The van der Waals surface area contributed by atoms with E-state index in [-0.39, 0.29) is 0 Å². The highest BCUT2D eigenvalue weighted by atomic mass is 16.6. The molecule has 0 aliphatic carbocycles. The van der Waals surface area contributed by atoms with Gasteiger partial charge in [-0.25, -0.2) is 0 Å². The van der Waals surface area contributed by atoms with Crippen LogP contribution in [0, 0.1) is 20.2 Å². The largest absolute Gasteiger partial charge is 0.282 e. The molecule has 0 fully saturated rings. The lowest BCUT2D eigenvalue weighted by Crippen LogP contribution is -2.46. The molecule has 0 amide bonds. The molecule has 0 saturated heterocycles. The summed E-state index contributed by atoms with van der Waals surface area (Å²) < 4.78 is 0. The fourth-order valence-corrected chi connectivity index (χ4v) is 0.411. The second-order valence-corrected chi connectivity index (χ2v) is 2.87. The zero-order valence-corrected chi connectivity index (χ0v) is 6.60. The quantitative estimate of drug-likeness (QED) is 0.451. The topological polar surface area (TPSA) is 86.3 Å². The summed E-state index contributed by atoms with van der Waals surface area (Å²) in [5.74, 6) is 0. The van der Waals surface area contributed by atoms with Crippen LogP contribution in [0.4, 0.5) is 0 Å². The highest BCUT2D eigenvalue weighted by Gasteiger charge is 2.46. The van der Waals surface area contributed by atoms with Crippen molar-refractivity contribution in [2.75, 3.05) is 0 Å². The van der Waals surface area contributed by atoms with Crippen molar-refractivity contribution < 1.29 is 9.85 Å². The first-order chi connectivity index (χ1) is 4.80. The molecule has 0 heterocycles. The highest BCUT2D eigenvalue weighted by molar-refractivity contribution is 4.73. The number of hydrogen-bond donors (Lipinski definition) is 0. The minimum atomic E-state index is -1.50. The molecule has 0 aromatic rings. The van der Waals surface area contributed by atoms with E-state index in [1.165, 1.54) is 20.8 Å². The van der Waals surface area contributed by atoms with E-state index in [4.69, 9.17) is 0 Å². The van der Waals surface area contributed by atoms with Gasteiger partial charge in [0.05, 0.1) is 0 Å². The van der Waals surface area contributed by atoms with Crippen molar-refractivity contribution >= 4 is 0 Å². The zero-order chi connectivity index (χ0) is 9.23. The molecular weight excluding hydrogens is 152 g/mol. The van der Waals surface area contributed by atoms with Gasteiger partial charge in [0.15, 0.2) is 0 Å². The van der Waals surface area contributed by atoms with E-state index in [0.717, 1.165) is 0 Å². The molecule has 0 aliphatic heterocycles. The molecule has 0 saturated carbocycles. The van der Waals surface area contributed by atoms with Crippen LogP contribution >= 0.6 is 0 Å². The van der Waals surface area contributed by atoms with Crippen LogP contribution in [-0.4, -0.2) is 21.4 Å². The smallest absolute Gasteiger partial charge is 0.264 e. The second-order valence-electron chi connectivity index (χ2n) is 2.87. The summed E-state index contributed by atoms with van der Waals surface area (Å²) in [6, 6.07) is -1.17. The van der Waals surface area contributed by atoms with E-state index in [9.17, 15) is 20.2 Å². The normalized spacial score (nSPS) is 14.1. The van der Waals surface area contributed by atoms with Crippen LogP contribution in [-0.2, 0) is 0 Å². The Labute approximate surface area is 63.5 Å². The number of nitrogens with zero attached hydrogens (tertiary/aromatic N) is 2. The molecular formula is C5H10N2O4. The van der Waals surface area contributed by atoms with Crippen LogP contribution in [0.5, 0.6) is 0 Å². The maximum Gasteiger partial charge on any atom is 0.282 e. The molecule has 1 unspecified atom stereocenters.